The molecule has 7 heteroatoms. The molecular weight excluding hydrogens is 276 g/mol. The lowest BCUT2D eigenvalue weighted by Crippen LogP contribution is -2.47. The second-order valence-corrected chi connectivity index (χ2v) is 5.09. The van der Waals surface area contributed by atoms with Gasteiger partial charge in [0.1, 0.15) is 5.76 Å². The number of methoxy groups -OCH3 is 1. The van der Waals surface area contributed by atoms with Crippen molar-refractivity contribution in [1.29, 1.82) is 0 Å². The number of carbonyl (C=O) groups excluding carboxylic acids is 2. The average Bonchev–Trinajstić information content (AvgIpc) is 2.79. The van der Waals surface area contributed by atoms with Crippen LogP contribution >= 0.6 is 0 Å². The fourth-order valence-corrected chi connectivity index (χ4v) is 2.36. The number of esters is 1. The van der Waals surface area contributed by atoms with Crippen LogP contribution in [-0.4, -0.2) is 54.8 Å². The predicted octanol–water partition coefficient (Wildman–Crippen LogP) is 0.624. The summed E-state index contributed by atoms with van der Waals surface area (Å²) >= 11 is 0. The molecule has 0 aliphatic carbocycles. The maximum atomic E-state index is 12.4. The molecule has 0 N–H and O–H groups in total. The van der Waals surface area contributed by atoms with Crippen molar-refractivity contribution < 1.29 is 23.6 Å². The summed E-state index contributed by atoms with van der Waals surface area (Å²) in [5.41, 5.74) is 1.57. The summed E-state index contributed by atoms with van der Waals surface area (Å²) < 4.78 is 15.2. The maximum Gasteiger partial charge on any atom is 0.308 e. The molecule has 1 amide bonds. The van der Waals surface area contributed by atoms with Gasteiger partial charge in [-0.3, -0.25) is 9.59 Å². The molecule has 21 heavy (non-hydrogen) atoms. The quantitative estimate of drug-likeness (QED) is 0.758. The van der Waals surface area contributed by atoms with Gasteiger partial charge in [0.05, 0.1) is 38.4 Å². The molecule has 1 saturated heterocycles. The van der Waals surface area contributed by atoms with Gasteiger partial charge < -0.3 is 18.9 Å². The van der Waals surface area contributed by atoms with Gasteiger partial charge in [-0.15, -0.1) is 0 Å². The Morgan fingerprint density at radius 3 is 2.81 bits per heavy atom. The lowest BCUT2D eigenvalue weighted by Gasteiger charge is -2.32. The second kappa shape index (κ2) is 6.71. The summed E-state index contributed by atoms with van der Waals surface area (Å²) in [6.45, 7) is 4.96. The van der Waals surface area contributed by atoms with Crippen molar-refractivity contribution >= 4 is 11.9 Å². The molecule has 0 saturated carbocycles. The van der Waals surface area contributed by atoms with Gasteiger partial charge in [-0.2, -0.15) is 0 Å². The third-order valence-electron chi connectivity index (χ3n) is 3.62. The number of hydrogen-bond acceptors (Lipinski definition) is 6. The van der Waals surface area contributed by atoms with Crippen molar-refractivity contribution in [1.82, 2.24) is 10.1 Å². The maximum absolute atomic E-state index is 12.4. The van der Waals surface area contributed by atoms with E-state index in [1.165, 1.54) is 7.11 Å². The van der Waals surface area contributed by atoms with Crippen LogP contribution in [0.4, 0.5) is 0 Å². The number of hydrogen-bond donors (Lipinski definition) is 0. The van der Waals surface area contributed by atoms with E-state index < -0.39 is 0 Å². The summed E-state index contributed by atoms with van der Waals surface area (Å²) in [7, 11) is 1.34. The van der Waals surface area contributed by atoms with Gasteiger partial charge in [0, 0.05) is 18.7 Å². The molecule has 2 heterocycles. The van der Waals surface area contributed by atoms with Gasteiger partial charge >= 0.3 is 5.97 Å². The Morgan fingerprint density at radius 1 is 1.43 bits per heavy atom. The summed E-state index contributed by atoms with van der Waals surface area (Å²) in [5, 5.41) is 3.85. The zero-order valence-corrected chi connectivity index (χ0v) is 12.5. The van der Waals surface area contributed by atoms with Crippen LogP contribution in [0.15, 0.2) is 4.52 Å². The first kappa shape index (κ1) is 15.5. The van der Waals surface area contributed by atoms with E-state index >= 15 is 0 Å². The van der Waals surface area contributed by atoms with Crippen molar-refractivity contribution in [3.8, 4) is 0 Å². The van der Waals surface area contributed by atoms with E-state index in [0.717, 1.165) is 11.3 Å². The SMILES string of the molecule is COC(=O)CC1CN(C(=O)Cc2c(C)noc2C)CCO1. The number of aryl methyl sites for hydroxylation is 2. The molecule has 1 aromatic rings. The minimum Gasteiger partial charge on any atom is -0.469 e. The summed E-state index contributed by atoms with van der Waals surface area (Å²) in [6, 6.07) is 0. The summed E-state index contributed by atoms with van der Waals surface area (Å²) in [5.74, 6) is 0.322. The van der Waals surface area contributed by atoms with E-state index in [9.17, 15) is 9.59 Å². The van der Waals surface area contributed by atoms with E-state index in [4.69, 9.17) is 9.26 Å². The number of morpholine rings is 1. The van der Waals surface area contributed by atoms with Crippen LogP contribution in [-0.2, 0) is 25.5 Å². The topological polar surface area (TPSA) is 81.9 Å². The Morgan fingerprint density at radius 2 is 2.19 bits per heavy atom. The molecule has 1 aliphatic rings. The molecule has 2 rings (SSSR count). The average molecular weight is 296 g/mol. The van der Waals surface area contributed by atoms with Crippen molar-refractivity contribution in [3.63, 3.8) is 0 Å². The molecule has 1 unspecified atom stereocenters. The van der Waals surface area contributed by atoms with Crippen LogP contribution in [0.3, 0.4) is 0 Å². The standard InChI is InChI=1S/C14H20N2O5/c1-9-12(10(2)21-15-9)7-13(17)16-4-5-20-11(8-16)6-14(18)19-3/h11H,4-8H2,1-3H3. The lowest BCUT2D eigenvalue weighted by molar-refractivity contribution is -0.149. The molecule has 7 nitrogen and oxygen atoms in total. The van der Waals surface area contributed by atoms with Crippen LogP contribution in [0.2, 0.25) is 0 Å². The van der Waals surface area contributed by atoms with E-state index in [2.05, 4.69) is 9.89 Å². The number of nitrogens with zero attached hydrogens (tertiary/aromatic N) is 2. The van der Waals surface area contributed by atoms with E-state index in [1.54, 1.807) is 11.8 Å². The monoisotopic (exact) mass is 296 g/mol. The van der Waals surface area contributed by atoms with E-state index in [0.29, 0.717) is 25.5 Å². The first-order valence-corrected chi connectivity index (χ1v) is 6.89. The Labute approximate surface area is 123 Å². The molecule has 0 aromatic carbocycles. The first-order chi connectivity index (χ1) is 10.0. The van der Waals surface area contributed by atoms with Crippen molar-refractivity contribution in [2.24, 2.45) is 0 Å². The smallest absolute Gasteiger partial charge is 0.308 e. The Hall–Kier alpha value is -1.89. The highest BCUT2D eigenvalue weighted by Gasteiger charge is 2.27. The molecule has 1 atom stereocenters. The minimum atomic E-state index is -0.333. The van der Waals surface area contributed by atoms with Crippen molar-refractivity contribution in [2.75, 3.05) is 26.8 Å². The lowest BCUT2D eigenvalue weighted by atomic mass is 10.1. The number of rotatable bonds is 4. The summed E-state index contributed by atoms with van der Waals surface area (Å²) in [4.78, 5) is 25.3. The molecule has 116 valence electrons. The van der Waals surface area contributed by atoms with Crippen LogP contribution in [0.25, 0.3) is 0 Å². The van der Waals surface area contributed by atoms with Crippen LogP contribution in [0, 0.1) is 13.8 Å². The largest absolute Gasteiger partial charge is 0.469 e. The molecule has 0 bridgehead atoms. The first-order valence-electron chi connectivity index (χ1n) is 6.89. The highest BCUT2D eigenvalue weighted by Crippen LogP contribution is 2.16. The predicted molar refractivity (Wildman–Crippen MR) is 72.6 cm³/mol. The van der Waals surface area contributed by atoms with E-state index in [-0.39, 0.29) is 30.8 Å². The van der Waals surface area contributed by atoms with Crippen molar-refractivity contribution in [2.45, 2.75) is 32.8 Å². The second-order valence-electron chi connectivity index (χ2n) is 5.09. The molecule has 0 radical (unpaired) electrons. The van der Waals surface area contributed by atoms with Gasteiger partial charge in [0.2, 0.25) is 5.91 Å². The Bertz CT molecular complexity index is 506. The van der Waals surface area contributed by atoms with E-state index in [1.807, 2.05) is 6.92 Å². The highest BCUT2D eigenvalue weighted by atomic mass is 16.5. The number of aromatic nitrogens is 1. The van der Waals surface area contributed by atoms with Crippen LogP contribution in [0.1, 0.15) is 23.4 Å². The minimum absolute atomic E-state index is 0.0115. The van der Waals surface area contributed by atoms with Gasteiger partial charge in [0.15, 0.2) is 0 Å². The molecule has 1 fully saturated rings. The summed E-state index contributed by atoms with van der Waals surface area (Å²) in [6.07, 6.45) is 0.109. The fourth-order valence-electron chi connectivity index (χ4n) is 2.36. The van der Waals surface area contributed by atoms with Gasteiger partial charge in [0.25, 0.3) is 0 Å². The zero-order chi connectivity index (χ0) is 15.4. The van der Waals surface area contributed by atoms with Gasteiger partial charge in [-0.1, -0.05) is 5.16 Å². The van der Waals surface area contributed by atoms with Crippen LogP contribution in [0.5, 0.6) is 0 Å². The number of carbonyl (C=O) groups is 2. The van der Waals surface area contributed by atoms with Crippen molar-refractivity contribution in [3.05, 3.63) is 17.0 Å². The molecule has 0 spiro atoms. The Balaban J connectivity index is 1.94. The molecule has 1 aliphatic heterocycles. The third-order valence-corrected chi connectivity index (χ3v) is 3.62. The van der Waals surface area contributed by atoms with Gasteiger partial charge in [-0.05, 0) is 13.8 Å². The molecule has 1 aromatic heterocycles. The normalized spacial score (nSPS) is 18.6. The highest BCUT2D eigenvalue weighted by molar-refractivity contribution is 5.79. The third kappa shape index (κ3) is 3.81. The van der Waals surface area contributed by atoms with Gasteiger partial charge in [-0.25, -0.2) is 0 Å². The fraction of sp³-hybridized carbons (Fsp3) is 0.643. The van der Waals surface area contributed by atoms with Crippen LogP contribution < -0.4 is 0 Å². The Kier molecular flexibility index (Phi) is 4.95. The number of amides is 1. The number of ether oxygens (including phenoxy) is 2. The molecular formula is C14H20N2O5. The zero-order valence-electron chi connectivity index (χ0n) is 12.5.